The summed E-state index contributed by atoms with van der Waals surface area (Å²) in [5, 5.41) is 4.24. The Labute approximate surface area is 122 Å². The second-order valence-corrected chi connectivity index (χ2v) is 4.74. The molecule has 3 nitrogen and oxygen atoms in total. The molecule has 1 aromatic heterocycles. The molecule has 0 saturated heterocycles. The Morgan fingerprint density at radius 3 is 2.68 bits per heavy atom. The Morgan fingerprint density at radius 2 is 2.00 bits per heavy atom. The number of halogens is 2. The van der Waals surface area contributed by atoms with Crippen LogP contribution in [0.3, 0.4) is 0 Å². The van der Waals surface area contributed by atoms with Crippen molar-refractivity contribution in [2.45, 2.75) is 6.04 Å². The van der Waals surface area contributed by atoms with Crippen LogP contribution in [0.1, 0.15) is 17.3 Å². The number of hydrogen-bond acceptors (Lipinski definition) is 3. The highest BCUT2D eigenvalue weighted by Crippen LogP contribution is 2.35. The second kappa shape index (κ2) is 6.24. The van der Waals surface area contributed by atoms with Crippen LogP contribution >= 0.6 is 23.2 Å². The standard InChI is InChI=1S/C14H14Cl2N2O/c1-17-13(9-5-3-6-10(15)12(9)16)14-11(19-2)7-4-8-18-14/h3-8,13,17H,1-2H3. The first-order valence-corrected chi connectivity index (χ1v) is 6.54. The van der Waals surface area contributed by atoms with Gasteiger partial charge < -0.3 is 10.1 Å². The van der Waals surface area contributed by atoms with E-state index in [1.807, 2.05) is 31.3 Å². The maximum absolute atomic E-state index is 6.27. The first-order valence-electron chi connectivity index (χ1n) is 5.79. The van der Waals surface area contributed by atoms with Gasteiger partial charge in [0.1, 0.15) is 11.4 Å². The van der Waals surface area contributed by atoms with Gasteiger partial charge in [-0.25, -0.2) is 0 Å². The van der Waals surface area contributed by atoms with E-state index in [-0.39, 0.29) is 6.04 Å². The summed E-state index contributed by atoms with van der Waals surface area (Å²) in [5.41, 5.74) is 1.64. The van der Waals surface area contributed by atoms with E-state index in [0.717, 1.165) is 11.3 Å². The highest BCUT2D eigenvalue weighted by atomic mass is 35.5. The van der Waals surface area contributed by atoms with Crippen LogP contribution in [0.15, 0.2) is 36.5 Å². The zero-order valence-corrected chi connectivity index (χ0v) is 12.2. The summed E-state index contributed by atoms with van der Waals surface area (Å²) in [5.74, 6) is 0.706. The average molecular weight is 297 g/mol. The third-order valence-electron chi connectivity index (χ3n) is 2.87. The molecule has 1 aromatic carbocycles. The molecule has 0 aliphatic heterocycles. The van der Waals surface area contributed by atoms with Crippen LogP contribution in [0.5, 0.6) is 5.75 Å². The van der Waals surface area contributed by atoms with Crippen molar-refractivity contribution < 1.29 is 4.74 Å². The van der Waals surface area contributed by atoms with Crippen molar-refractivity contribution >= 4 is 23.2 Å². The first kappa shape index (κ1) is 14.1. The summed E-state index contributed by atoms with van der Waals surface area (Å²) in [4.78, 5) is 4.38. The van der Waals surface area contributed by atoms with Gasteiger partial charge in [0.15, 0.2) is 0 Å². The van der Waals surface area contributed by atoms with E-state index in [0.29, 0.717) is 15.8 Å². The molecule has 0 saturated carbocycles. The van der Waals surface area contributed by atoms with E-state index < -0.39 is 0 Å². The van der Waals surface area contributed by atoms with Gasteiger partial charge in [0.2, 0.25) is 0 Å². The lowest BCUT2D eigenvalue weighted by molar-refractivity contribution is 0.401. The molecule has 1 unspecified atom stereocenters. The lowest BCUT2D eigenvalue weighted by atomic mass is 10.0. The molecule has 1 atom stereocenters. The number of ether oxygens (including phenoxy) is 1. The van der Waals surface area contributed by atoms with Crippen LogP contribution in [0, 0.1) is 0 Å². The molecule has 2 rings (SSSR count). The van der Waals surface area contributed by atoms with Gasteiger partial charge in [0.05, 0.1) is 23.2 Å². The van der Waals surface area contributed by atoms with Gasteiger partial charge in [-0.15, -0.1) is 0 Å². The molecule has 1 heterocycles. The Hall–Kier alpha value is -1.29. The Morgan fingerprint density at radius 1 is 1.21 bits per heavy atom. The van der Waals surface area contributed by atoms with Gasteiger partial charge in [0.25, 0.3) is 0 Å². The highest BCUT2D eigenvalue weighted by Gasteiger charge is 2.21. The fraction of sp³-hybridized carbons (Fsp3) is 0.214. The highest BCUT2D eigenvalue weighted by molar-refractivity contribution is 6.42. The summed E-state index contributed by atoms with van der Waals surface area (Å²) < 4.78 is 5.34. The van der Waals surface area contributed by atoms with Crippen molar-refractivity contribution in [1.29, 1.82) is 0 Å². The van der Waals surface area contributed by atoms with E-state index in [4.69, 9.17) is 27.9 Å². The average Bonchev–Trinajstić information content (AvgIpc) is 2.45. The number of rotatable bonds is 4. The smallest absolute Gasteiger partial charge is 0.142 e. The third-order valence-corrected chi connectivity index (χ3v) is 3.71. The van der Waals surface area contributed by atoms with Gasteiger partial charge in [0, 0.05) is 6.20 Å². The van der Waals surface area contributed by atoms with Crippen LogP contribution in [0.25, 0.3) is 0 Å². The summed E-state index contributed by atoms with van der Waals surface area (Å²) in [6.07, 6.45) is 1.72. The molecule has 5 heteroatoms. The molecule has 0 bridgehead atoms. The quantitative estimate of drug-likeness (QED) is 0.934. The summed E-state index contributed by atoms with van der Waals surface area (Å²) >= 11 is 12.3. The maximum atomic E-state index is 6.27. The summed E-state index contributed by atoms with van der Waals surface area (Å²) in [6, 6.07) is 9.06. The van der Waals surface area contributed by atoms with Crippen LogP contribution < -0.4 is 10.1 Å². The van der Waals surface area contributed by atoms with E-state index in [2.05, 4.69) is 10.3 Å². The van der Waals surface area contributed by atoms with Gasteiger partial charge in [-0.3, -0.25) is 4.98 Å². The van der Waals surface area contributed by atoms with Crippen molar-refractivity contribution in [3.63, 3.8) is 0 Å². The summed E-state index contributed by atoms with van der Waals surface area (Å²) in [7, 11) is 3.46. The molecule has 19 heavy (non-hydrogen) atoms. The lowest BCUT2D eigenvalue weighted by Gasteiger charge is -2.20. The van der Waals surface area contributed by atoms with Crippen molar-refractivity contribution in [3.8, 4) is 5.75 Å². The zero-order valence-electron chi connectivity index (χ0n) is 10.7. The number of nitrogens with zero attached hydrogens (tertiary/aromatic N) is 1. The lowest BCUT2D eigenvalue weighted by Crippen LogP contribution is -2.20. The van der Waals surface area contributed by atoms with Crippen LogP contribution in [0.4, 0.5) is 0 Å². The summed E-state index contributed by atoms with van der Waals surface area (Å²) in [6.45, 7) is 0. The molecule has 1 N–H and O–H groups in total. The number of hydrogen-bond donors (Lipinski definition) is 1. The van der Waals surface area contributed by atoms with E-state index in [9.17, 15) is 0 Å². The SMILES string of the molecule is CNC(c1cccc(Cl)c1Cl)c1ncccc1OC. The van der Waals surface area contributed by atoms with Crippen LogP contribution in [-0.4, -0.2) is 19.1 Å². The minimum Gasteiger partial charge on any atom is -0.495 e. The van der Waals surface area contributed by atoms with Gasteiger partial charge >= 0.3 is 0 Å². The number of nitrogens with one attached hydrogen (secondary N) is 1. The molecule has 0 fully saturated rings. The van der Waals surface area contributed by atoms with Crippen molar-refractivity contribution in [3.05, 3.63) is 57.8 Å². The molecule has 0 amide bonds. The number of aromatic nitrogens is 1. The molecule has 100 valence electrons. The third kappa shape index (κ3) is 2.84. The largest absolute Gasteiger partial charge is 0.495 e. The molecule has 0 aliphatic rings. The fourth-order valence-corrected chi connectivity index (χ4v) is 2.39. The number of benzene rings is 1. The predicted molar refractivity (Wildman–Crippen MR) is 78.2 cm³/mol. The topological polar surface area (TPSA) is 34.2 Å². The predicted octanol–water partition coefficient (Wildman–Crippen LogP) is 3.71. The zero-order chi connectivity index (χ0) is 13.8. The molecule has 0 radical (unpaired) electrons. The monoisotopic (exact) mass is 296 g/mol. The van der Waals surface area contributed by atoms with Crippen LogP contribution in [0.2, 0.25) is 10.0 Å². The maximum Gasteiger partial charge on any atom is 0.142 e. The number of methoxy groups -OCH3 is 1. The molecule has 0 spiro atoms. The van der Waals surface area contributed by atoms with E-state index in [1.165, 1.54) is 0 Å². The Kier molecular flexibility index (Phi) is 4.64. The second-order valence-electron chi connectivity index (χ2n) is 3.96. The molecular formula is C14H14Cl2N2O. The van der Waals surface area contributed by atoms with Gasteiger partial charge in [-0.1, -0.05) is 35.3 Å². The van der Waals surface area contributed by atoms with Crippen molar-refractivity contribution in [1.82, 2.24) is 10.3 Å². The van der Waals surface area contributed by atoms with Crippen molar-refractivity contribution in [2.75, 3.05) is 14.2 Å². The first-order chi connectivity index (χ1) is 9.19. The van der Waals surface area contributed by atoms with Gasteiger partial charge in [-0.2, -0.15) is 0 Å². The number of pyridine rings is 1. The Balaban J connectivity index is 2.53. The van der Waals surface area contributed by atoms with E-state index in [1.54, 1.807) is 19.4 Å². The Bertz CT molecular complexity index is 575. The van der Waals surface area contributed by atoms with E-state index >= 15 is 0 Å². The van der Waals surface area contributed by atoms with Crippen LogP contribution in [-0.2, 0) is 0 Å². The molecule has 2 aromatic rings. The minimum absolute atomic E-state index is 0.178. The minimum atomic E-state index is -0.178. The molecule has 0 aliphatic carbocycles. The normalized spacial score (nSPS) is 12.2. The van der Waals surface area contributed by atoms with Crippen molar-refractivity contribution in [2.24, 2.45) is 0 Å². The van der Waals surface area contributed by atoms with Gasteiger partial charge in [-0.05, 0) is 30.8 Å². The fourth-order valence-electron chi connectivity index (χ4n) is 1.98. The molecular weight excluding hydrogens is 283 g/mol.